The van der Waals surface area contributed by atoms with Crippen LogP contribution in [-0.2, 0) is 0 Å². The first kappa shape index (κ1) is 12.1. The lowest BCUT2D eigenvalue weighted by Crippen LogP contribution is -1.99. The fourth-order valence-corrected chi connectivity index (χ4v) is 2.57. The third-order valence-corrected chi connectivity index (χ3v) is 4.61. The van der Waals surface area contributed by atoms with Crippen LogP contribution in [0.3, 0.4) is 0 Å². The van der Waals surface area contributed by atoms with Gasteiger partial charge in [-0.2, -0.15) is 0 Å². The van der Waals surface area contributed by atoms with E-state index in [2.05, 4.69) is 22.6 Å². The average Bonchev–Trinajstić information content (AvgIpc) is 2.68. The molecule has 0 aliphatic rings. The highest BCUT2D eigenvalue weighted by Gasteiger charge is 2.11. The smallest absolute Gasteiger partial charge is 0.193 e. The van der Waals surface area contributed by atoms with Crippen molar-refractivity contribution in [3.63, 3.8) is 0 Å². The lowest BCUT2D eigenvalue weighted by Gasteiger charge is -2.00. The molecule has 0 fully saturated rings. The summed E-state index contributed by atoms with van der Waals surface area (Å²) >= 11 is 9.71. The number of benzene rings is 1. The van der Waals surface area contributed by atoms with E-state index in [1.807, 2.05) is 30.5 Å². The third-order valence-electron chi connectivity index (χ3n) is 2.17. The van der Waals surface area contributed by atoms with Crippen LogP contribution in [0.5, 0.6) is 0 Å². The zero-order chi connectivity index (χ0) is 11.7. The maximum Gasteiger partial charge on any atom is 0.193 e. The summed E-state index contributed by atoms with van der Waals surface area (Å²) in [5, 5.41) is 2.50. The van der Waals surface area contributed by atoms with Crippen LogP contribution in [0.25, 0.3) is 0 Å². The molecule has 1 aromatic heterocycles. The van der Waals surface area contributed by atoms with Crippen molar-refractivity contribution in [3.8, 4) is 0 Å². The number of hydrogen-bond donors (Lipinski definition) is 0. The van der Waals surface area contributed by atoms with Gasteiger partial charge in [-0.05, 0) is 53.8 Å². The minimum absolute atomic E-state index is 0.0302. The number of rotatable bonds is 2. The largest absolute Gasteiger partial charge is 0.289 e. The Bertz CT molecular complexity index is 548. The molecule has 0 aliphatic carbocycles. The summed E-state index contributed by atoms with van der Waals surface area (Å²) in [6.45, 7) is 1.99. The van der Waals surface area contributed by atoms with Crippen molar-refractivity contribution in [1.82, 2.24) is 0 Å². The van der Waals surface area contributed by atoms with Gasteiger partial charge in [0.25, 0.3) is 0 Å². The zero-order valence-electron chi connectivity index (χ0n) is 8.46. The molecule has 0 amide bonds. The fraction of sp³-hybridized carbons (Fsp3) is 0.0833. The van der Waals surface area contributed by atoms with Crippen LogP contribution in [0.15, 0.2) is 29.6 Å². The maximum atomic E-state index is 12.1. The molecule has 0 unspecified atom stereocenters. The summed E-state index contributed by atoms with van der Waals surface area (Å²) in [5.74, 6) is 0.0302. The van der Waals surface area contributed by atoms with Crippen LogP contribution in [0.1, 0.15) is 20.8 Å². The predicted molar refractivity (Wildman–Crippen MR) is 76.7 cm³/mol. The number of halogens is 2. The van der Waals surface area contributed by atoms with Gasteiger partial charge in [0, 0.05) is 25.0 Å². The van der Waals surface area contributed by atoms with Gasteiger partial charge in [-0.15, -0.1) is 11.3 Å². The van der Waals surface area contributed by atoms with Gasteiger partial charge in [0.1, 0.15) is 0 Å². The molecule has 1 heterocycles. The van der Waals surface area contributed by atoms with E-state index in [0.29, 0.717) is 10.6 Å². The van der Waals surface area contributed by atoms with Gasteiger partial charge in [0.2, 0.25) is 0 Å². The number of ketones is 1. The SMILES string of the molecule is Cc1cc(C(=O)c2ccc(I)c(Cl)c2)cs1. The highest BCUT2D eigenvalue weighted by Crippen LogP contribution is 2.22. The molecule has 1 aromatic carbocycles. The first-order chi connectivity index (χ1) is 7.58. The van der Waals surface area contributed by atoms with Crippen molar-refractivity contribution < 1.29 is 4.79 Å². The second kappa shape index (κ2) is 4.85. The summed E-state index contributed by atoms with van der Waals surface area (Å²) in [5.41, 5.74) is 1.38. The fourth-order valence-electron chi connectivity index (χ4n) is 1.37. The second-order valence-corrected chi connectivity index (χ2v) is 6.09. The number of aryl methyl sites for hydroxylation is 1. The van der Waals surface area contributed by atoms with Gasteiger partial charge < -0.3 is 0 Å². The first-order valence-electron chi connectivity index (χ1n) is 4.63. The van der Waals surface area contributed by atoms with E-state index in [9.17, 15) is 4.79 Å². The lowest BCUT2D eigenvalue weighted by atomic mass is 10.1. The van der Waals surface area contributed by atoms with Crippen LogP contribution in [0, 0.1) is 10.5 Å². The van der Waals surface area contributed by atoms with E-state index in [1.165, 1.54) is 0 Å². The maximum absolute atomic E-state index is 12.1. The highest BCUT2D eigenvalue weighted by molar-refractivity contribution is 14.1. The quantitative estimate of drug-likeness (QED) is 0.566. The van der Waals surface area contributed by atoms with Crippen LogP contribution in [0.4, 0.5) is 0 Å². The van der Waals surface area contributed by atoms with Crippen LogP contribution < -0.4 is 0 Å². The van der Waals surface area contributed by atoms with Crippen LogP contribution in [0.2, 0.25) is 5.02 Å². The van der Waals surface area contributed by atoms with Crippen molar-refractivity contribution in [2.75, 3.05) is 0 Å². The molecule has 82 valence electrons. The van der Waals surface area contributed by atoms with E-state index >= 15 is 0 Å². The predicted octanol–water partition coefficient (Wildman–Crippen LogP) is 4.55. The summed E-state index contributed by atoms with van der Waals surface area (Å²) in [4.78, 5) is 13.2. The number of carbonyl (C=O) groups is 1. The van der Waals surface area contributed by atoms with Gasteiger partial charge in [-0.1, -0.05) is 11.6 Å². The van der Waals surface area contributed by atoms with Crippen LogP contribution in [-0.4, -0.2) is 5.78 Å². The Kier molecular flexibility index (Phi) is 3.66. The van der Waals surface area contributed by atoms with Gasteiger partial charge in [-0.3, -0.25) is 4.79 Å². The molecule has 0 bridgehead atoms. The Labute approximate surface area is 117 Å². The number of hydrogen-bond acceptors (Lipinski definition) is 2. The molecular formula is C12H8ClIOS. The van der Waals surface area contributed by atoms with Gasteiger partial charge in [0.05, 0.1) is 5.02 Å². The third kappa shape index (κ3) is 2.47. The van der Waals surface area contributed by atoms with Crippen molar-refractivity contribution in [2.45, 2.75) is 6.92 Å². The minimum Gasteiger partial charge on any atom is -0.289 e. The standard InChI is InChI=1S/C12H8ClIOS/c1-7-4-9(6-16-7)12(15)8-2-3-11(14)10(13)5-8/h2-6H,1H3. The molecule has 2 rings (SSSR count). The zero-order valence-corrected chi connectivity index (χ0v) is 12.2. The highest BCUT2D eigenvalue weighted by atomic mass is 127. The molecular weight excluding hydrogens is 355 g/mol. The molecule has 0 N–H and O–H groups in total. The molecule has 0 spiro atoms. The van der Waals surface area contributed by atoms with Crippen molar-refractivity contribution >= 4 is 51.3 Å². The Morgan fingerprint density at radius 2 is 2.06 bits per heavy atom. The number of carbonyl (C=O) groups excluding carboxylic acids is 1. The van der Waals surface area contributed by atoms with E-state index in [-0.39, 0.29) is 5.78 Å². The summed E-state index contributed by atoms with van der Waals surface area (Å²) in [7, 11) is 0. The van der Waals surface area contributed by atoms with Gasteiger partial charge in [0.15, 0.2) is 5.78 Å². The van der Waals surface area contributed by atoms with Gasteiger partial charge in [-0.25, -0.2) is 0 Å². The molecule has 0 atom stereocenters. The van der Waals surface area contributed by atoms with Crippen molar-refractivity contribution in [2.24, 2.45) is 0 Å². The molecule has 2 aromatic rings. The van der Waals surface area contributed by atoms with E-state index in [0.717, 1.165) is 14.0 Å². The summed E-state index contributed by atoms with van der Waals surface area (Å²) < 4.78 is 0.956. The molecule has 0 aliphatic heterocycles. The molecule has 1 nitrogen and oxygen atoms in total. The second-order valence-electron chi connectivity index (χ2n) is 3.40. The van der Waals surface area contributed by atoms with E-state index in [4.69, 9.17) is 11.6 Å². The topological polar surface area (TPSA) is 17.1 Å². The minimum atomic E-state index is 0.0302. The number of thiophene rings is 1. The van der Waals surface area contributed by atoms with E-state index in [1.54, 1.807) is 17.4 Å². The monoisotopic (exact) mass is 362 g/mol. The molecule has 0 saturated carbocycles. The van der Waals surface area contributed by atoms with Crippen LogP contribution >= 0.6 is 45.5 Å². The van der Waals surface area contributed by atoms with Crippen molar-refractivity contribution in [3.05, 3.63) is 54.2 Å². The molecule has 4 heteroatoms. The first-order valence-corrected chi connectivity index (χ1v) is 6.96. The average molecular weight is 363 g/mol. The normalized spacial score (nSPS) is 10.4. The van der Waals surface area contributed by atoms with Crippen molar-refractivity contribution in [1.29, 1.82) is 0 Å². The Morgan fingerprint density at radius 3 is 2.62 bits per heavy atom. The lowest BCUT2D eigenvalue weighted by molar-refractivity contribution is 0.103. The Balaban J connectivity index is 2.38. The Hall–Kier alpha value is -0.390. The summed E-state index contributed by atoms with van der Waals surface area (Å²) in [6, 6.07) is 7.29. The molecule has 16 heavy (non-hydrogen) atoms. The summed E-state index contributed by atoms with van der Waals surface area (Å²) in [6.07, 6.45) is 0. The van der Waals surface area contributed by atoms with E-state index < -0.39 is 0 Å². The Morgan fingerprint density at radius 1 is 1.31 bits per heavy atom. The molecule has 0 saturated heterocycles. The van der Waals surface area contributed by atoms with Gasteiger partial charge >= 0.3 is 0 Å². The molecule has 0 radical (unpaired) electrons.